The summed E-state index contributed by atoms with van der Waals surface area (Å²) in [5, 5.41) is 5.86. The molecule has 2 heterocycles. The fourth-order valence-corrected chi connectivity index (χ4v) is 4.33. The van der Waals surface area contributed by atoms with E-state index < -0.39 is 21.7 Å². The van der Waals surface area contributed by atoms with Gasteiger partial charge in [-0.2, -0.15) is 11.3 Å². The summed E-state index contributed by atoms with van der Waals surface area (Å²) in [6, 6.07) is 6.46. The van der Waals surface area contributed by atoms with Crippen LogP contribution in [0.2, 0.25) is 0 Å². The Bertz CT molecular complexity index is 827. The van der Waals surface area contributed by atoms with E-state index in [1.807, 2.05) is 0 Å². The van der Waals surface area contributed by atoms with Gasteiger partial charge < -0.3 is 4.74 Å². The zero-order valence-electron chi connectivity index (χ0n) is 11.9. The lowest BCUT2D eigenvalue weighted by molar-refractivity contribution is 0.0421. The molecule has 0 radical (unpaired) electrons. The number of cyclic esters (lactones) is 1. The fraction of sp³-hybridized carbons (Fsp3) is 0.214. The van der Waals surface area contributed by atoms with Crippen molar-refractivity contribution in [3.63, 3.8) is 0 Å². The second-order valence-electron chi connectivity index (χ2n) is 5.35. The highest BCUT2D eigenvalue weighted by molar-refractivity contribution is 7.92. The highest BCUT2D eigenvalue weighted by atomic mass is 32.2. The third kappa shape index (κ3) is 2.67. The molecule has 2 N–H and O–H groups in total. The Balaban J connectivity index is 1.96. The summed E-state index contributed by atoms with van der Waals surface area (Å²) in [7, 11) is -3.61. The van der Waals surface area contributed by atoms with Gasteiger partial charge in [-0.05, 0) is 43.5 Å². The van der Waals surface area contributed by atoms with Crippen LogP contribution in [0.25, 0.3) is 0 Å². The predicted octanol–water partition coefficient (Wildman–Crippen LogP) is 3.35. The number of carbonyl (C=O) groups excluding carboxylic acids is 1. The molecule has 116 valence electrons. The Morgan fingerprint density at radius 2 is 2.05 bits per heavy atom. The molecule has 0 spiro atoms. The molecule has 22 heavy (non-hydrogen) atoms. The van der Waals surface area contributed by atoms with Gasteiger partial charge in [-0.25, -0.2) is 13.2 Å². The number of hydrogen-bond donors (Lipinski definition) is 2. The summed E-state index contributed by atoms with van der Waals surface area (Å²) in [6.45, 7) is 3.50. The van der Waals surface area contributed by atoms with Gasteiger partial charge in [0.25, 0.3) is 10.0 Å². The Hall–Kier alpha value is -2.06. The van der Waals surface area contributed by atoms with E-state index in [1.54, 1.807) is 48.9 Å². The number of anilines is 2. The molecule has 1 aliphatic heterocycles. The number of nitrogens with one attached hydrogen (secondary N) is 2. The normalized spacial score (nSPS) is 16.4. The monoisotopic (exact) mass is 338 g/mol. The summed E-state index contributed by atoms with van der Waals surface area (Å²) in [5.74, 6) is 0. The smallest absolute Gasteiger partial charge is 0.412 e. The van der Waals surface area contributed by atoms with E-state index >= 15 is 0 Å². The van der Waals surface area contributed by atoms with Gasteiger partial charge in [-0.3, -0.25) is 10.0 Å². The van der Waals surface area contributed by atoms with Gasteiger partial charge in [0.05, 0.1) is 10.6 Å². The number of carbonyl (C=O) groups is 1. The maximum atomic E-state index is 12.2. The quantitative estimate of drug-likeness (QED) is 0.899. The predicted molar refractivity (Wildman–Crippen MR) is 84.7 cm³/mol. The molecule has 3 rings (SSSR count). The van der Waals surface area contributed by atoms with Crippen LogP contribution in [0.1, 0.15) is 19.4 Å². The number of benzene rings is 1. The van der Waals surface area contributed by atoms with Crippen molar-refractivity contribution >= 4 is 38.8 Å². The van der Waals surface area contributed by atoms with Crippen molar-refractivity contribution in [2.45, 2.75) is 24.3 Å². The van der Waals surface area contributed by atoms with Gasteiger partial charge >= 0.3 is 6.09 Å². The minimum absolute atomic E-state index is 0.221. The van der Waals surface area contributed by atoms with Gasteiger partial charge in [0.1, 0.15) is 5.60 Å². The SMILES string of the molecule is CC1(C)OC(=O)Nc2ccc(NS(=O)(=O)c3ccsc3)cc21. The Morgan fingerprint density at radius 3 is 2.73 bits per heavy atom. The summed E-state index contributed by atoms with van der Waals surface area (Å²) in [6.07, 6.45) is -0.524. The van der Waals surface area contributed by atoms with Crippen LogP contribution >= 0.6 is 11.3 Å². The maximum absolute atomic E-state index is 12.2. The summed E-state index contributed by atoms with van der Waals surface area (Å²) >= 11 is 1.31. The standard InChI is InChI=1S/C14H14N2O4S2/c1-14(2)11-7-9(3-4-12(11)15-13(17)20-14)16-22(18,19)10-5-6-21-8-10/h3-8,16H,1-2H3,(H,15,17). The van der Waals surface area contributed by atoms with Crippen LogP contribution in [0.4, 0.5) is 16.2 Å². The molecule has 0 atom stereocenters. The second-order valence-corrected chi connectivity index (χ2v) is 7.81. The van der Waals surface area contributed by atoms with Crippen LogP contribution in [0.5, 0.6) is 0 Å². The first-order valence-electron chi connectivity index (χ1n) is 6.47. The Labute approximate surface area is 132 Å². The number of rotatable bonds is 3. The molecule has 0 bridgehead atoms. The van der Waals surface area contributed by atoms with Gasteiger partial charge in [-0.15, -0.1) is 0 Å². The Kier molecular flexibility index (Phi) is 3.37. The lowest BCUT2D eigenvalue weighted by Crippen LogP contribution is -2.34. The molecule has 6 nitrogen and oxygen atoms in total. The first-order chi connectivity index (χ1) is 10.3. The average Bonchev–Trinajstić information content (AvgIpc) is 2.93. The van der Waals surface area contributed by atoms with Gasteiger partial charge in [0.2, 0.25) is 0 Å². The molecule has 0 saturated carbocycles. The van der Waals surface area contributed by atoms with Crippen molar-refractivity contribution in [3.05, 3.63) is 40.6 Å². The van der Waals surface area contributed by atoms with Crippen LogP contribution < -0.4 is 10.0 Å². The summed E-state index contributed by atoms with van der Waals surface area (Å²) < 4.78 is 32.2. The van der Waals surface area contributed by atoms with Gasteiger partial charge in [0, 0.05) is 16.6 Å². The minimum Gasteiger partial charge on any atom is -0.438 e. The molecule has 1 aromatic heterocycles. The number of hydrogen-bond acceptors (Lipinski definition) is 5. The number of thiophene rings is 1. The van der Waals surface area contributed by atoms with Crippen LogP contribution in [-0.4, -0.2) is 14.5 Å². The van der Waals surface area contributed by atoms with Crippen LogP contribution in [0.3, 0.4) is 0 Å². The lowest BCUT2D eigenvalue weighted by atomic mass is 9.94. The number of sulfonamides is 1. The first-order valence-corrected chi connectivity index (χ1v) is 8.90. The Morgan fingerprint density at radius 1 is 1.27 bits per heavy atom. The van der Waals surface area contributed by atoms with Crippen molar-refractivity contribution in [2.75, 3.05) is 10.0 Å². The van der Waals surface area contributed by atoms with E-state index in [0.29, 0.717) is 16.9 Å². The van der Waals surface area contributed by atoms with Gasteiger partial charge in [0.15, 0.2) is 0 Å². The largest absolute Gasteiger partial charge is 0.438 e. The maximum Gasteiger partial charge on any atom is 0.412 e. The average molecular weight is 338 g/mol. The molecule has 1 amide bonds. The lowest BCUT2D eigenvalue weighted by Gasteiger charge is -2.32. The van der Waals surface area contributed by atoms with E-state index in [2.05, 4.69) is 10.0 Å². The van der Waals surface area contributed by atoms with E-state index in [-0.39, 0.29) is 4.90 Å². The zero-order chi connectivity index (χ0) is 16.0. The zero-order valence-corrected chi connectivity index (χ0v) is 13.5. The van der Waals surface area contributed by atoms with Crippen LogP contribution in [0, 0.1) is 0 Å². The van der Waals surface area contributed by atoms with Crippen molar-refractivity contribution in [3.8, 4) is 0 Å². The van der Waals surface area contributed by atoms with Gasteiger partial charge in [-0.1, -0.05) is 0 Å². The third-order valence-electron chi connectivity index (χ3n) is 3.31. The molecule has 1 aliphatic rings. The summed E-state index contributed by atoms with van der Waals surface area (Å²) in [5.41, 5.74) is 0.900. The first kappa shape index (κ1) is 14.9. The van der Waals surface area contributed by atoms with Crippen molar-refractivity contribution in [1.29, 1.82) is 0 Å². The molecular weight excluding hydrogens is 324 g/mol. The molecular formula is C14H14N2O4S2. The second kappa shape index (κ2) is 4.99. The molecule has 2 aromatic rings. The number of ether oxygens (including phenoxy) is 1. The number of amides is 1. The van der Waals surface area contributed by atoms with Crippen molar-refractivity contribution in [2.24, 2.45) is 0 Å². The molecule has 8 heteroatoms. The highest BCUT2D eigenvalue weighted by Crippen LogP contribution is 2.37. The van der Waals surface area contributed by atoms with Crippen LogP contribution in [0.15, 0.2) is 39.9 Å². The molecule has 0 saturated heterocycles. The highest BCUT2D eigenvalue weighted by Gasteiger charge is 2.33. The van der Waals surface area contributed by atoms with E-state index in [0.717, 1.165) is 0 Å². The van der Waals surface area contributed by atoms with E-state index in [4.69, 9.17) is 4.74 Å². The molecule has 0 fully saturated rings. The van der Waals surface area contributed by atoms with Crippen molar-refractivity contribution < 1.29 is 17.9 Å². The third-order valence-corrected chi connectivity index (χ3v) is 5.52. The number of fused-ring (bicyclic) bond motifs is 1. The molecule has 0 unspecified atom stereocenters. The van der Waals surface area contributed by atoms with E-state index in [1.165, 1.54) is 11.3 Å². The van der Waals surface area contributed by atoms with E-state index in [9.17, 15) is 13.2 Å². The topological polar surface area (TPSA) is 84.5 Å². The van der Waals surface area contributed by atoms with Crippen molar-refractivity contribution in [1.82, 2.24) is 0 Å². The molecule has 1 aromatic carbocycles. The summed E-state index contributed by atoms with van der Waals surface area (Å²) in [4.78, 5) is 11.7. The molecule has 0 aliphatic carbocycles. The minimum atomic E-state index is -3.61. The van der Waals surface area contributed by atoms with Crippen LogP contribution in [-0.2, 0) is 20.4 Å². The fourth-order valence-electron chi connectivity index (χ4n) is 2.26.